The zero-order chi connectivity index (χ0) is 21.7. The maximum atomic E-state index is 13.2. The summed E-state index contributed by atoms with van der Waals surface area (Å²) in [7, 11) is 8.51. The number of allylic oxidation sites excluding steroid dienone is 1. The summed E-state index contributed by atoms with van der Waals surface area (Å²) >= 11 is 0. The van der Waals surface area contributed by atoms with E-state index in [4.69, 9.17) is 19.9 Å². The molecule has 6 nitrogen and oxygen atoms in total. The van der Waals surface area contributed by atoms with Gasteiger partial charge in [0.05, 0.1) is 32.7 Å². The average Bonchev–Trinajstić information content (AvgIpc) is 2.69. The number of Topliss-reactive ketones (excluding diaryl/α,β-unsaturated/α-hetero) is 1. The molecule has 0 aliphatic rings. The van der Waals surface area contributed by atoms with E-state index in [1.165, 1.54) is 0 Å². The lowest BCUT2D eigenvalue weighted by atomic mass is 9.92. The van der Waals surface area contributed by atoms with Crippen LogP contribution in [0, 0.1) is 5.92 Å². The Morgan fingerprint density at radius 1 is 1.00 bits per heavy atom. The van der Waals surface area contributed by atoms with Crippen LogP contribution in [0.5, 0.6) is 17.2 Å². The number of nitrogen functional groups attached to an aromatic ring is 1. The Morgan fingerprint density at radius 2 is 1.59 bits per heavy atom. The van der Waals surface area contributed by atoms with Gasteiger partial charge in [-0.3, -0.25) is 4.79 Å². The van der Waals surface area contributed by atoms with Crippen molar-refractivity contribution in [2.24, 2.45) is 5.92 Å². The molecule has 0 aliphatic heterocycles. The minimum atomic E-state index is -0.0641. The van der Waals surface area contributed by atoms with E-state index in [9.17, 15) is 4.79 Å². The number of carbonyl (C=O) groups excluding carboxylic acids is 1. The Kier molecular flexibility index (Phi) is 7.15. The highest BCUT2D eigenvalue weighted by atomic mass is 16.5. The first kappa shape index (κ1) is 22.1. The molecule has 0 radical (unpaired) electrons. The van der Waals surface area contributed by atoms with Crippen LogP contribution in [0.4, 0.5) is 11.4 Å². The van der Waals surface area contributed by atoms with Crippen molar-refractivity contribution in [2.75, 3.05) is 46.1 Å². The highest BCUT2D eigenvalue weighted by Crippen LogP contribution is 2.39. The second-order valence-electron chi connectivity index (χ2n) is 7.21. The van der Waals surface area contributed by atoms with Crippen LogP contribution in [-0.4, -0.2) is 41.2 Å². The fourth-order valence-corrected chi connectivity index (χ4v) is 3.13. The van der Waals surface area contributed by atoms with E-state index in [-0.39, 0.29) is 11.7 Å². The Balaban J connectivity index is 2.53. The van der Waals surface area contributed by atoms with Crippen LogP contribution >= 0.6 is 0 Å². The Hall–Kier alpha value is -3.15. The van der Waals surface area contributed by atoms with E-state index in [1.807, 2.05) is 57.1 Å². The van der Waals surface area contributed by atoms with Crippen molar-refractivity contribution < 1.29 is 19.0 Å². The number of rotatable bonds is 8. The van der Waals surface area contributed by atoms with Gasteiger partial charge >= 0.3 is 0 Å². The van der Waals surface area contributed by atoms with Gasteiger partial charge in [0.1, 0.15) is 0 Å². The van der Waals surface area contributed by atoms with Crippen LogP contribution < -0.4 is 24.8 Å². The van der Waals surface area contributed by atoms with Crippen LogP contribution in [0.25, 0.3) is 6.08 Å². The van der Waals surface area contributed by atoms with Gasteiger partial charge in [-0.1, -0.05) is 13.8 Å². The van der Waals surface area contributed by atoms with Gasteiger partial charge in [0.25, 0.3) is 0 Å². The lowest BCUT2D eigenvalue weighted by molar-refractivity contribution is 0.102. The predicted molar refractivity (Wildman–Crippen MR) is 118 cm³/mol. The maximum Gasteiger partial charge on any atom is 0.203 e. The molecule has 0 heterocycles. The third kappa shape index (κ3) is 4.83. The molecule has 2 aromatic rings. The molecule has 0 bridgehead atoms. The highest BCUT2D eigenvalue weighted by molar-refractivity contribution is 6.12. The Morgan fingerprint density at radius 3 is 2.00 bits per heavy atom. The van der Waals surface area contributed by atoms with E-state index in [0.717, 1.165) is 11.3 Å². The number of ether oxygens (including phenoxy) is 3. The number of benzene rings is 2. The van der Waals surface area contributed by atoms with Crippen LogP contribution in [-0.2, 0) is 0 Å². The normalized spacial score (nSPS) is 11.4. The summed E-state index contributed by atoms with van der Waals surface area (Å²) in [5.41, 5.74) is 9.58. The monoisotopic (exact) mass is 398 g/mol. The molecule has 2 rings (SSSR count). The fraction of sp³-hybridized carbons (Fsp3) is 0.348. The summed E-state index contributed by atoms with van der Waals surface area (Å²) in [5.74, 6) is 1.53. The molecule has 0 unspecified atom stereocenters. The van der Waals surface area contributed by atoms with E-state index in [1.54, 1.807) is 33.5 Å². The number of ketones is 1. The molecular formula is C23H30N2O4. The molecule has 0 saturated carbocycles. The number of nitrogens with two attached hydrogens (primary N) is 1. The van der Waals surface area contributed by atoms with Gasteiger partial charge in [0.15, 0.2) is 17.3 Å². The zero-order valence-corrected chi connectivity index (χ0v) is 18.2. The number of nitrogens with zero attached hydrogens (tertiary/aromatic N) is 1. The van der Waals surface area contributed by atoms with Crippen molar-refractivity contribution in [3.05, 3.63) is 47.0 Å². The average molecular weight is 399 g/mol. The number of carbonyl (C=O) groups is 1. The molecule has 0 aromatic heterocycles. The van der Waals surface area contributed by atoms with Gasteiger partial charge in [0, 0.05) is 25.2 Å². The number of methoxy groups -OCH3 is 3. The topological polar surface area (TPSA) is 74.0 Å². The van der Waals surface area contributed by atoms with E-state index >= 15 is 0 Å². The summed E-state index contributed by atoms with van der Waals surface area (Å²) in [6, 6.07) is 9.03. The number of anilines is 2. The number of hydrogen-bond acceptors (Lipinski definition) is 6. The predicted octanol–water partition coefficient (Wildman–Crippen LogP) is 4.28. The van der Waals surface area contributed by atoms with Crippen molar-refractivity contribution >= 4 is 23.2 Å². The van der Waals surface area contributed by atoms with Crippen molar-refractivity contribution in [1.29, 1.82) is 0 Å². The molecule has 2 aromatic carbocycles. The van der Waals surface area contributed by atoms with Gasteiger partial charge in [0.2, 0.25) is 5.75 Å². The third-order valence-electron chi connectivity index (χ3n) is 4.66. The second kappa shape index (κ2) is 9.37. The van der Waals surface area contributed by atoms with E-state index in [2.05, 4.69) is 0 Å². The molecular weight excluding hydrogens is 368 g/mol. The first-order chi connectivity index (χ1) is 13.7. The summed E-state index contributed by atoms with van der Waals surface area (Å²) in [5, 5.41) is 0. The molecule has 2 N–H and O–H groups in total. The van der Waals surface area contributed by atoms with Crippen molar-refractivity contribution in [1.82, 2.24) is 0 Å². The first-order valence-electron chi connectivity index (χ1n) is 9.36. The van der Waals surface area contributed by atoms with Crippen molar-refractivity contribution in [2.45, 2.75) is 13.8 Å². The van der Waals surface area contributed by atoms with Gasteiger partial charge in [-0.2, -0.15) is 0 Å². The zero-order valence-electron chi connectivity index (χ0n) is 18.2. The lowest BCUT2D eigenvalue weighted by Crippen LogP contribution is -2.13. The smallest absolute Gasteiger partial charge is 0.203 e. The second-order valence-corrected chi connectivity index (χ2v) is 7.21. The molecule has 0 saturated heterocycles. The van der Waals surface area contributed by atoms with Crippen LogP contribution in [0.3, 0.4) is 0 Å². The molecule has 0 fully saturated rings. The van der Waals surface area contributed by atoms with Crippen LogP contribution in [0.15, 0.2) is 35.9 Å². The molecule has 0 amide bonds. The lowest BCUT2D eigenvalue weighted by Gasteiger charge is -2.17. The Labute approximate surface area is 172 Å². The quantitative estimate of drug-likeness (QED) is 0.406. The molecule has 0 spiro atoms. The summed E-state index contributed by atoms with van der Waals surface area (Å²) in [6.07, 6.45) is 1.85. The van der Waals surface area contributed by atoms with Gasteiger partial charge in [-0.05, 0) is 47.9 Å². The fourth-order valence-electron chi connectivity index (χ4n) is 3.13. The van der Waals surface area contributed by atoms with Crippen molar-refractivity contribution in [3.8, 4) is 17.2 Å². The minimum Gasteiger partial charge on any atom is -0.493 e. The molecule has 6 heteroatoms. The van der Waals surface area contributed by atoms with E-state index < -0.39 is 0 Å². The summed E-state index contributed by atoms with van der Waals surface area (Å²) in [6.45, 7) is 3.97. The Bertz CT molecular complexity index is 892. The van der Waals surface area contributed by atoms with Crippen LogP contribution in [0.1, 0.15) is 29.8 Å². The van der Waals surface area contributed by atoms with Gasteiger partial charge in [-0.25, -0.2) is 0 Å². The third-order valence-corrected chi connectivity index (χ3v) is 4.66. The standard InChI is InChI=1S/C23H30N2O4/c1-14(2)17(22(26)16-8-9-19(25(3)4)18(24)13-16)10-15-11-20(27-5)23(29-7)21(12-15)28-6/h8-14H,24H2,1-7H3/b17-10+. The van der Waals surface area contributed by atoms with E-state index in [0.29, 0.717) is 34.1 Å². The molecule has 0 atom stereocenters. The first-order valence-corrected chi connectivity index (χ1v) is 9.36. The van der Waals surface area contributed by atoms with Crippen LogP contribution in [0.2, 0.25) is 0 Å². The summed E-state index contributed by atoms with van der Waals surface area (Å²) < 4.78 is 16.2. The number of hydrogen-bond donors (Lipinski definition) is 1. The maximum absolute atomic E-state index is 13.2. The molecule has 156 valence electrons. The van der Waals surface area contributed by atoms with Gasteiger partial charge in [-0.15, -0.1) is 0 Å². The largest absolute Gasteiger partial charge is 0.493 e. The van der Waals surface area contributed by atoms with Crippen molar-refractivity contribution in [3.63, 3.8) is 0 Å². The van der Waals surface area contributed by atoms with Gasteiger partial charge < -0.3 is 24.8 Å². The summed E-state index contributed by atoms with van der Waals surface area (Å²) in [4.78, 5) is 15.1. The molecule has 29 heavy (non-hydrogen) atoms. The SMILES string of the molecule is COc1cc(/C=C(/C(=O)c2ccc(N(C)C)c(N)c2)C(C)C)cc(OC)c1OC. The highest BCUT2D eigenvalue weighted by Gasteiger charge is 2.19. The minimum absolute atomic E-state index is 0.0105. The molecule has 0 aliphatic carbocycles.